The second-order valence-electron chi connectivity index (χ2n) is 5.02. The highest BCUT2D eigenvalue weighted by atomic mass is 16.7. The highest BCUT2D eigenvalue weighted by molar-refractivity contribution is 5.33. The molecule has 94 valence electrons. The summed E-state index contributed by atoms with van der Waals surface area (Å²) < 4.78 is 10.9. The quantitative estimate of drug-likeness (QED) is 0.812. The lowest BCUT2D eigenvalue weighted by Crippen LogP contribution is -2.60. The van der Waals surface area contributed by atoms with Crippen LogP contribution in [-0.2, 0) is 14.9 Å². The molecule has 0 aliphatic heterocycles. The van der Waals surface area contributed by atoms with Crippen molar-refractivity contribution in [2.75, 3.05) is 20.8 Å². The fraction of sp³-hybridized carbons (Fsp3) is 0.571. The van der Waals surface area contributed by atoms with Gasteiger partial charge in [0.25, 0.3) is 0 Å². The van der Waals surface area contributed by atoms with E-state index < -0.39 is 5.79 Å². The van der Waals surface area contributed by atoms with Crippen LogP contribution in [-0.4, -0.2) is 26.6 Å². The predicted octanol–water partition coefficient (Wildman–Crippen LogP) is 1.97. The minimum Gasteiger partial charge on any atom is -0.353 e. The molecule has 0 atom stereocenters. The average molecular weight is 235 g/mol. The van der Waals surface area contributed by atoms with Gasteiger partial charge < -0.3 is 15.2 Å². The maximum absolute atomic E-state index is 5.96. The molecule has 1 fully saturated rings. The van der Waals surface area contributed by atoms with Crippen molar-refractivity contribution in [3.05, 3.63) is 35.4 Å². The van der Waals surface area contributed by atoms with Gasteiger partial charge >= 0.3 is 0 Å². The lowest BCUT2D eigenvalue weighted by Gasteiger charge is -2.54. The summed E-state index contributed by atoms with van der Waals surface area (Å²) in [6, 6.07) is 8.59. The summed E-state index contributed by atoms with van der Waals surface area (Å²) in [6.45, 7) is 2.72. The molecule has 17 heavy (non-hydrogen) atoms. The zero-order valence-corrected chi connectivity index (χ0v) is 10.8. The molecule has 2 rings (SSSR count). The average Bonchev–Trinajstić information content (AvgIpc) is 2.32. The van der Waals surface area contributed by atoms with E-state index in [2.05, 4.69) is 31.2 Å². The molecule has 0 aromatic heterocycles. The van der Waals surface area contributed by atoms with E-state index >= 15 is 0 Å². The van der Waals surface area contributed by atoms with Crippen LogP contribution in [0.5, 0.6) is 0 Å². The van der Waals surface area contributed by atoms with Crippen LogP contribution in [0.25, 0.3) is 0 Å². The van der Waals surface area contributed by atoms with Crippen LogP contribution >= 0.6 is 0 Å². The fourth-order valence-corrected chi connectivity index (χ4v) is 2.72. The lowest BCUT2D eigenvalue weighted by molar-refractivity contribution is -0.277. The Morgan fingerprint density at radius 3 is 2.06 bits per heavy atom. The summed E-state index contributed by atoms with van der Waals surface area (Å²) >= 11 is 0. The Bertz CT molecular complexity index is 374. The Balaban J connectivity index is 2.22. The zero-order valence-electron chi connectivity index (χ0n) is 10.8. The first-order valence-electron chi connectivity index (χ1n) is 5.97. The molecular formula is C14H21NO2. The van der Waals surface area contributed by atoms with Gasteiger partial charge in [-0.05, 0) is 12.5 Å². The van der Waals surface area contributed by atoms with E-state index in [1.807, 2.05) is 0 Å². The van der Waals surface area contributed by atoms with Gasteiger partial charge in [-0.15, -0.1) is 0 Å². The van der Waals surface area contributed by atoms with Gasteiger partial charge in [0, 0.05) is 39.0 Å². The first kappa shape index (κ1) is 12.6. The van der Waals surface area contributed by atoms with Crippen molar-refractivity contribution in [3.8, 4) is 0 Å². The molecule has 0 bridgehead atoms. The van der Waals surface area contributed by atoms with Gasteiger partial charge in [0.05, 0.1) is 0 Å². The third-order valence-electron chi connectivity index (χ3n) is 4.01. The molecule has 0 heterocycles. The van der Waals surface area contributed by atoms with Crippen molar-refractivity contribution in [2.24, 2.45) is 5.73 Å². The summed E-state index contributed by atoms with van der Waals surface area (Å²) in [5.74, 6) is -0.440. The summed E-state index contributed by atoms with van der Waals surface area (Å²) in [5.41, 5.74) is 8.53. The van der Waals surface area contributed by atoms with Crippen LogP contribution in [0, 0.1) is 6.92 Å². The van der Waals surface area contributed by atoms with Crippen LogP contribution in [0.3, 0.4) is 0 Å². The van der Waals surface area contributed by atoms with E-state index in [1.165, 1.54) is 11.1 Å². The predicted molar refractivity (Wildman–Crippen MR) is 67.9 cm³/mol. The molecule has 0 amide bonds. The molecule has 0 radical (unpaired) electrons. The smallest absolute Gasteiger partial charge is 0.169 e. The first-order valence-corrected chi connectivity index (χ1v) is 5.97. The molecule has 0 unspecified atom stereocenters. The SMILES string of the molecule is COC1(OC)CC(CN)(c2ccc(C)cc2)C1. The number of hydrogen-bond acceptors (Lipinski definition) is 3. The number of aryl methyl sites for hydroxylation is 1. The van der Waals surface area contributed by atoms with Crippen LogP contribution in [0.1, 0.15) is 24.0 Å². The van der Waals surface area contributed by atoms with Crippen molar-refractivity contribution < 1.29 is 9.47 Å². The molecule has 0 saturated heterocycles. The Labute approximate surface area is 103 Å². The minimum absolute atomic E-state index is 0.0136. The maximum atomic E-state index is 5.96. The molecule has 2 N–H and O–H groups in total. The Morgan fingerprint density at radius 2 is 1.65 bits per heavy atom. The van der Waals surface area contributed by atoms with Gasteiger partial charge in [0.2, 0.25) is 0 Å². The van der Waals surface area contributed by atoms with Crippen LogP contribution in [0.2, 0.25) is 0 Å². The number of nitrogens with two attached hydrogens (primary N) is 1. The third kappa shape index (κ3) is 1.99. The molecule has 1 aromatic carbocycles. The molecule has 1 saturated carbocycles. The van der Waals surface area contributed by atoms with Crippen molar-refractivity contribution >= 4 is 0 Å². The number of hydrogen-bond donors (Lipinski definition) is 1. The summed E-state index contributed by atoms with van der Waals surface area (Å²) in [7, 11) is 3.39. The second kappa shape index (κ2) is 4.41. The lowest BCUT2D eigenvalue weighted by atomic mass is 9.60. The van der Waals surface area contributed by atoms with Crippen molar-refractivity contribution in [2.45, 2.75) is 31.0 Å². The molecular weight excluding hydrogens is 214 g/mol. The van der Waals surface area contributed by atoms with E-state index in [-0.39, 0.29) is 5.41 Å². The highest BCUT2D eigenvalue weighted by Gasteiger charge is 2.55. The van der Waals surface area contributed by atoms with Gasteiger partial charge in [-0.2, -0.15) is 0 Å². The van der Waals surface area contributed by atoms with Crippen molar-refractivity contribution in [1.82, 2.24) is 0 Å². The number of rotatable bonds is 4. The largest absolute Gasteiger partial charge is 0.353 e. The zero-order chi connectivity index (χ0) is 12.5. The summed E-state index contributed by atoms with van der Waals surface area (Å²) in [5, 5.41) is 0. The minimum atomic E-state index is -0.440. The van der Waals surface area contributed by atoms with Crippen LogP contribution in [0.15, 0.2) is 24.3 Å². The standard InChI is InChI=1S/C14H21NO2/c1-11-4-6-12(7-5-11)13(10-15)8-14(9-13,16-2)17-3/h4-7H,8-10,15H2,1-3H3. The third-order valence-corrected chi connectivity index (χ3v) is 4.01. The Hall–Kier alpha value is -0.900. The number of methoxy groups -OCH3 is 2. The van der Waals surface area contributed by atoms with Crippen LogP contribution < -0.4 is 5.73 Å². The van der Waals surface area contributed by atoms with E-state index in [9.17, 15) is 0 Å². The van der Waals surface area contributed by atoms with Gasteiger partial charge in [-0.25, -0.2) is 0 Å². The Morgan fingerprint density at radius 1 is 1.12 bits per heavy atom. The van der Waals surface area contributed by atoms with Crippen molar-refractivity contribution in [3.63, 3.8) is 0 Å². The summed E-state index contributed by atoms with van der Waals surface area (Å²) in [6.07, 6.45) is 1.65. The molecule has 1 aliphatic rings. The van der Waals surface area contributed by atoms with E-state index in [1.54, 1.807) is 14.2 Å². The van der Waals surface area contributed by atoms with E-state index in [4.69, 9.17) is 15.2 Å². The van der Waals surface area contributed by atoms with Gasteiger partial charge in [0.1, 0.15) is 0 Å². The number of benzene rings is 1. The topological polar surface area (TPSA) is 44.5 Å². The van der Waals surface area contributed by atoms with E-state index in [0.29, 0.717) is 6.54 Å². The highest BCUT2D eigenvalue weighted by Crippen LogP contribution is 2.51. The Kier molecular flexibility index (Phi) is 3.25. The molecule has 3 nitrogen and oxygen atoms in total. The molecule has 3 heteroatoms. The monoisotopic (exact) mass is 235 g/mol. The fourth-order valence-electron chi connectivity index (χ4n) is 2.72. The summed E-state index contributed by atoms with van der Waals surface area (Å²) in [4.78, 5) is 0. The molecule has 1 aromatic rings. The molecule has 1 aliphatic carbocycles. The van der Waals surface area contributed by atoms with Gasteiger partial charge in [-0.3, -0.25) is 0 Å². The normalized spacial score (nSPS) is 20.9. The van der Waals surface area contributed by atoms with Gasteiger partial charge in [-0.1, -0.05) is 29.8 Å². The van der Waals surface area contributed by atoms with Crippen molar-refractivity contribution in [1.29, 1.82) is 0 Å². The number of ether oxygens (including phenoxy) is 2. The van der Waals surface area contributed by atoms with Gasteiger partial charge in [0.15, 0.2) is 5.79 Å². The molecule has 0 spiro atoms. The first-order chi connectivity index (χ1) is 8.10. The van der Waals surface area contributed by atoms with E-state index in [0.717, 1.165) is 12.8 Å². The second-order valence-corrected chi connectivity index (χ2v) is 5.02. The van der Waals surface area contributed by atoms with Crippen LogP contribution in [0.4, 0.5) is 0 Å². The maximum Gasteiger partial charge on any atom is 0.169 e.